The topological polar surface area (TPSA) is 66.3 Å². The third kappa shape index (κ3) is 3.96. The van der Waals surface area contributed by atoms with Crippen LogP contribution in [0.25, 0.3) is 11.0 Å². The summed E-state index contributed by atoms with van der Waals surface area (Å²) in [5, 5.41) is 4.25. The molecule has 3 aromatic rings. The van der Waals surface area contributed by atoms with Gasteiger partial charge < -0.3 is 15.1 Å². The number of pyridine rings is 1. The van der Waals surface area contributed by atoms with Gasteiger partial charge in [0.25, 0.3) is 5.56 Å². The fourth-order valence-corrected chi connectivity index (χ4v) is 6.48. The number of benzene rings is 1. The second-order valence-corrected chi connectivity index (χ2v) is 10.6. The first-order chi connectivity index (χ1) is 16.5. The van der Waals surface area contributed by atoms with Crippen molar-refractivity contribution in [3.8, 4) is 0 Å². The highest BCUT2D eigenvalue weighted by Crippen LogP contribution is 2.52. The molecular formula is C27H34N6O. The second-order valence-electron chi connectivity index (χ2n) is 10.6. The van der Waals surface area contributed by atoms with Gasteiger partial charge in [0.2, 0.25) is 5.95 Å². The molecule has 3 heterocycles. The van der Waals surface area contributed by atoms with Crippen molar-refractivity contribution in [1.82, 2.24) is 19.4 Å². The lowest BCUT2D eigenvalue weighted by Crippen LogP contribution is -2.44. The zero-order chi connectivity index (χ0) is 23.2. The Balaban J connectivity index is 1.23. The Morgan fingerprint density at radius 3 is 2.50 bits per heavy atom. The first-order valence-corrected chi connectivity index (χ1v) is 12.7. The number of nitrogens with zero attached hydrogens (tertiary/aromatic N) is 5. The standard InChI is InChI=1S/C27H34N6O/c1-18-19-3-4-20(15-19)24(18)17-33-25(34)10-5-21-16-28-27(30-26(21)33)29-22-6-8-23(9-7-22)32-13-11-31(2)12-14-32/h5-10,16,18-20,24H,3-4,11-15,17H2,1-2H3,(H,28,29,30). The van der Waals surface area contributed by atoms with E-state index in [0.717, 1.165) is 61.3 Å². The van der Waals surface area contributed by atoms with Gasteiger partial charge in [-0.2, -0.15) is 4.98 Å². The van der Waals surface area contributed by atoms with E-state index in [-0.39, 0.29) is 5.56 Å². The molecule has 2 bridgehead atoms. The minimum absolute atomic E-state index is 0.0312. The highest BCUT2D eigenvalue weighted by atomic mass is 16.1. The lowest BCUT2D eigenvalue weighted by molar-refractivity contribution is 0.213. The largest absolute Gasteiger partial charge is 0.369 e. The lowest BCUT2D eigenvalue weighted by Gasteiger charge is -2.34. The van der Waals surface area contributed by atoms with E-state index in [1.807, 2.05) is 16.8 Å². The Morgan fingerprint density at radius 2 is 1.76 bits per heavy atom. The van der Waals surface area contributed by atoms with Gasteiger partial charge in [0, 0.05) is 61.7 Å². The highest BCUT2D eigenvalue weighted by molar-refractivity contribution is 5.75. The van der Waals surface area contributed by atoms with Crippen LogP contribution in [-0.2, 0) is 6.54 Å². The summed E-state index contributed by atoms with van der Waals surface area (Å²) in [6.45, 7) is 7.42. The fraction of sp³-hybridized carbons (Fsp3) is 0.519. The van der Waals surface area contributed by atoms with Gasteiger partial charge >= 0.3 is 0 Å². The minimum atomic E-state index is 0.0312. The van der Waals surface area contributed by atoms with E-state index in [4.69, 9.17) is 4.98 Å². The molecule has 4 unspecified atom stereocenters. The quantitative estimate of drug-likeness (QED) is 0.624. The van der Waals surface area contributed by atoms with Crippen molar-refractivity contribution >= 4 is 28.4 Å². The zero-order valence-corrected chi connectivity index (χ0v) is 20.2. The Bertz CT molecular complexity index is 1230. The molecule has 1 aliphatic heterocycles. The molecule has 0 radical (unpaired) electrons. The van der Waals surface area contributed by atoms with E-state index < -0.39 is 0 Å². The van der Waals surface area contributed by atoms with Crippen molar-refractivity contribution in [2.75, 3.05) is 43.4 Å². The van der Waals surface area contributed by atoms with Gasteiger partial charge in [-0.1, -0.05) is 6.92 Å². The van der Waals surface area contributed by atoms with E-state index in [2.05, 4.69) is 58.3 Å². The number of anilines is 3. The molecular weight excluding hydrogens is 424 g/mol. The number of hydrogen-bond donors (Lipinski definition) is 1. The van der Waals surface area contributed by atoms with Crippen LogP contribution in [0.3, 0.4) is 0 Å². The van der Waals surface area contributed by atoms with Crippen LogP contribution < -0.4 is 15.8 Å². The molecule has 34 heavy (non-hydrogen) atoms. The maximum Gasteiger partial charge on any atom is 0.252 e. The van der Waals surface area contributed by atoms with Crippen molar-refractivity contribution in [2.45, 2.75) is 32.7 Å². The number of fused-ring (bicyclic) bond motifs is 3. The summed E-state index contributed by atoms with van der Waals surface area (Å²) in [6, 6.07) is 12.0. The lowest BCUT2D eigenvalue weighted by atomic mass is 9.80. The van der Waals surface area contributed by atoms with Crippen LogP contribution in [0.2, 0.25) is 0 Å². The maximum absolute atomic E-state index is 12.9. The van der Waals surface area contributed by atoms with Gasteiger partial charge in [0.05, 0.1) is 0 Å². The number of rotatable bonds is 5. The predicted molar refractivity (Wildman–Crippen MR) is 137 cm³/mol. The molecule has 4 atom stereocenters. The van der Waals surface area contributed by atoms with Crippen molar-refractivity contribution in [3.63, 3.8) is 0 Å². The average Bonchev–Trinajstić information content (AvgIpc) is 3.44. The monoisotopic (exact) mass is 458 g/mol. The van der Waals surface area contributed by atoms with E-state index in [1.165, 1.54) is 24.9 Å². The molecule has 7 heteroatoms. The maximum atomic E-state index is 12.9. The summed E-state index contributed by atoms with van der Waals surface area (Å²) in [5.74, 6) is 3.36. The minimum Gasteiger partial charge on any atom is -0.369 e. The van der Waals surface area contributed by atoms with Crippen LogP contribution in [0.15, 0.2) is 47.4 Å². The van der Waals surface area contributed by atoms with Gasteiger partial charge in [-0.05, 0) is 80.3 Å². The van der Waals surface area contributed by atoms with Crippen molar-refractivity contribution in [3.05, 3.63) is 52.9 Å². The van der Waals surface area contributed by atoms with E-state index in [9.17, 15) is 4.79 Å². The van der Waals surface area contributed by atoms with Crippen LogP contribution in [0, 0.1) is 23.7 Å². The third-order valence-corrected chi connectivity index (χ3v) is 8.65. The number of nitrogens with one attached hydrogen (secondary N) is 1. The Morgan fingerprint density at radius 1 is 1.00 bits per heavy atom. The van der Waals surface area contributed by atoms with Crippen LogP contribution in [0.5, 0.6) is 0 Å². The normalized spacial score (nSPS) is 26.9. The summed E-state index contributed by atoms with van der Waals surface area (Å²) in [5.41, 5.74) is 2.95. The summed E-state index contributed by atoms with van der Waals surface area (Å²) in [7, 11) is 2.17. The first kappa shape index (κ1) is 21.6. The van der Waals surface area contributed by atoms with Crippen LogP contribution in [0.1, 0.15) is 26.2 Å². The van der Waals surface area contributed by atoms with Gasteiger partial charge in [-0.3, -0.25) is 9.36 Å². The zero-order valence-electron chi connectivity index (χ0n) is 20.2. The molecule has 2 aliphatic carbocycles. The summed E-state index contributed by atoms with van der Waals surface area (Å²) < 4.78 is 1.89. The fourth-order valence-electron chi connectivity index (χ4n) is 6.48. The van der Waals surface area contributed by atoms with Crippen molar-refractivity contribution in [1.29, 1.82) is 0 Å². The van der Waals surface area contributed by atoms with E-state index in [0.29, 0.717) is 17.8 Å². The molecule has 1 N–H and O–H groups in total. The molecule has 0 amide bonds. The molecule has 178 valence electrons. The van der Waals surface area contributed by atoms with Gasteiger partial charge in [-0.15, -0.1) is 0 Å². The van der Waals surface area contributed by atoms with E-state index >= 15 is 0 Å². The number of aromatic nitrogens is 3. The first-order valence-electron chi connectivity index (χ1n) is 12.7. The molecule has 1 aromatic carbocycles. The molecule has 0 spiro atoms. The van der Waals surface area contributed by atoms with Crippen molar-refractivity contribution < 1.29 is 0 Å². The van der Waals surface area contributed by atoms with Crippen LogP contribution >= 0.6 is 0 Å². The molecule has 2 aromatic heterocycles. The smallest absolute Gasteiger partial charge is 0.252 e. The summed E-state index contributed by atoms with van der Waals surface area (Å²) >= 11 is 0. The van der Waals surface area contributed by atoms with Crippen LogP contribution in [0.4, 0.5) is 17.3 Å². The Labute approximate surface area is 200 Å². The summed E-state index contributed by atoms with van der Waals surface area (Å²) in [6.07, 6.45) is 5.82. The number of likely N-dealkylation sites (N-methyl/N-ethyl adjacent to an activating group) is 1. The van der Waals surface area contributed by atoms with E-state index in [1.54, 1.807) is 6.07 Å². The summed E-state index contributed by atoms with van der Waals surface area (Å²) in [4.78, 5) is 27.0. The molecule has 6 rings (SSSR count). The number of piperazine rings is 1. The molecule has 2 saturated carbocycles. The molecule has 7 nitrogen and oxygen atoms in total. The number of hydrogen-bond acceptors (Lipinski definition) is 6. The average molecular weight is 459 g/mol. The van der Waals surface area contributed by atoms with Crippen molar-refractivity contribution in [2.24, 2.45) is 23.7 Å². The van der Waals surface area contributed by atoms with Crippen LogP contribution in [-0.4, -0.2) is 52.7 Å². The molecule has 1 saturated heterocycles. The Hall–Kier alpha value is -2.93. The highest BCUT2D eigenvalue weighted by Gasteiger charge is 2.45. The Kier molecular flexibility index (Phi) is 5.52. The van der Waals surface area contributed by atoms with Gasteiger partial charge in [0.15, 0.2) is 0 Å². The SMILES string of the molecule is CC1C2CCC(C2)C1Cn1c(=O)ccc2cnc(Nc3ccc(N4CCN(C)CC4)cc3)nc21. The molecule has 3 aliphatic rings. The predicted octanol–water partition coefficient (Wildman–Crippen LogP) is 3.97. The van der Waals surface area contributed by atoms with Gasteiger partial charge in [-0.25, -0.2) is 4.98 Å². The molecule has 3 fully saturated rings. The second kappa shape index (κ2) is 8.69. The third-order valence-electron chi connectivity index (χ3n) is 8.65. The van der Waals surface area contributed by atoms with Gasteiger partial charge in [0.1, 0.15) is 5.65 Å².